The van der Waals surface area contributed by atoms with Crippen molar-refractivity contribution in [3.05, 3.63) is 39.9 Å². The summed E-state index contributed by atoms with van der Waals surface area (Å²) in [5, 5.41) is 4.05. The number of hydrogen-bond donors (Lipinski definition) is 1. The Morgan fingerprint density at radius 2 is 2.15 bits per heavy atom. The smallest absolute Gasteiger partial charge is 0.350 e. The van der Waals surface area contributed by atoms with Crippen LogP contribution in [0.5, 0.6) is 0 Å². The predicted molar refractivity (Wildman–Crippen MR) is 82.0 cm³/mol. The zero-order valence-electron chi connectivity index (χ0n) is 12.1. The van der Waals surface area contributed by atoms with E-state index in [2.05, 4.69) is 36.3 Å². The summed E-state index contributed by atoms with van der Waals surface area (Å²) in [6.07, 6.45) is 0.943. The molecule has 0 aliphatic heterocycles. The molecular formula is C15H18N2O2S. The third kappa shape index (κ3) is 2.82. The lowest BCUT2D eigenvalue weighted by Crippen LogP contribution is -1.99. The van der Waals surface area contributed by atoms with E-state index in [0.29, 0.717) is 15.7 Å². The van der Waals surface area contributed by atoms with Gasteiger partial charge in [0, 0.05) is 5.69 Å². The van der Waals surface area contributed by atoms with Gasteiger partial charge in [-0.1, -0.05) is 36.5 Å². The van der Waals surface area contributed by atoms with Crippen LogP contribution in [0.2, 0.25) is 0 Å². The van der Waals surface area contributed by atoms with Crippen molar-refractivity contribution in [1.82, 2.24) is 4.98 Å². The Morgan fingerprint density at radius 1 is 1.40 bits per heavy atom. The molecule has 2 rings (SSSR count). The highest BCUT2D eigenvalue weighted by molar-refractivity contribution is 7.17. The van der Waals surface area contributed by atoms with Gasteiger partial charge in [0.2, 0.25) is 0 Å². The maximum atomic E-state index is 11.6. The predicted octanol–water partition coefficient (Wildman–Crippen LogP) is 3.85. The maximum absolute atomic E-state index is 11.6. The normalized spacial score (nSPS) is 10.4. The molecule has 20 heavy (non-hydrogen) atoms. The Balaban J connectivity index is 2.34. The summed E-state index contributed by atoms with van der Waals surface area (Å²) >= 11 is 1.32. The van der Waals surface area contributed by atoms with E-state index in [1.54, 1.807) is 0 Å². The molecule has 0 radical (unpaired) electrons. The highest BCUT2D eigenvalue weighted by Gasteiger charge is 2.16. The van der Waals surface area contributed by atoms with Crippen molar-refractivity contribution in [2.24, 2.45) is 0 Å². The van der Waals surface area contributed by atoms with Crippen LogP contribution in [0.3, 0.4) is 0 Å². The number of methoxy groups -OCH3 is 1. The molecule has 0 bridgehead atoms. The van der Waals surface area contributed by atoms with E-state index < -0.39 is 0 Å². The van der Waals surface area contributed by atoms with E-state index in [-0.39, 0.29) is 5.97 Å². The Hall–Kier alpha value is -1.88. The molecule has 106 valence electrons. The Labute approximate surface area is 122 Å². The molecule has 1 N–H and O–H groups in total. The maximum Gasteiger partial charge on any atom is 0.350 e. The number of nitrogens with one attached hydrogen (secondary N) is 1. The fourth-order valence-corrected chi connectivity index (χ4v) is 2.93. The van der Waals surface area contributed by atoms with Gasteiger partial charge in [0.1, 0.15) is 4.88 Å². The SMILES string of the molecule is CCc1cccc(C)c1Nc1nc(C)c(C(=O)OC)s1. The first-order chi connectivity index (χ1) is 9.56. The number of carbonyl (C=O) groups is 1. The van der Waals surface area contributed by atoms with E-state index >= 15 is 0 Å². The highest BCUT2D eigenvalue weighted by atomic mass is 32.1. The van der Waals surface area contributed by atoms with Crippen molar-refractivity contribution in [3.63, 3.8) is 0 Å². The minimum Gasteiger partial charge on any atom is -0.465 e. The number of rotatable bonds is 4. The second-order valence-electron chi connectivity index (χ2n) is 4.51. The van der Waals surface area contributed by atoms with E-state index in [1.807, 2.05) is 13.0 Å². The van der Waals surface area contributed by atoms with Gasteiger partial charge in [-0.05, 0) is 31.4 Å². The van der Waals surface area contributed by atoms with E-state index in [0.717, 1.165) is 17.7 Å². The van der Waals surface area contributed by atoms with Gasteiger partial charge in [0.05, 0.1) is 12.8 Å². The topological polar surface area (TPSA) is 51.2 Å². The molecule has 0 aliphatic rings. The van der Waals surface area contributed by atoms with Crippen molar-refractivity contribution in [2.75, 3.05) is 12.4 Å². The van der Waals surface area contributed by atoms with Crippen LogP contribution < -0.4 is 5.32 Å². The van der Waals surface area contributed by atoms with Crippen LogP contribution in [0.4, 0.5) is 10.8 Å². The van der Waals surface area contributed by atoms with Crippen LogP contribution >= 0.6 is 11.3 Å². The summed E-state index contributed by atoms with van der Waals surface area (Å²) in [5.74, 6) is -0.339. The fraction of sp³-hybridized carbons (Fsp3) is 0.333. The van der Waals surface area contributed by atoms with Crippen molar-refractivity contribution in [2.45, 2.75) is 27.2 Å². The van der Waals surface area contributed by atoms with E-state index in [1.165, 1.54) is 24.0 Å². The number of aromatic nitrogens is 1. The number of benzene rings is 1. The number of hydrogen-bond acceptors (Lipinski definition) is 5. The number of nitrogens with zero attached hydrogens (tertiary/aromatic N) is 1. The van der Waals surface area contributed by atoms with E-state index in [4.69, 9.17) is 4.74 Å². The average Bonchev–Trinajstić information content (AvgIpc) is 2.81. The van der Waals surface area contributed by atoms with Gasteiger partial charge in [0.25, 0.3) is 0 Å². The Morgan fingerprint density at radius 3 is 2.80 bits per heavy atom. The van der Waals surface area contributed by atoms with Crippen LogP contribution in [-0.2, 0) is 11.2 Å². The lowest BCUT2D eigenvalue weighted by Gasteiger charge is -2.11. The van der Waals surface area contributed by atoms with Crippen molar-refractivity contribution < 1.29 is 9.53 Å². The van der Waals surface area contributed by atoms with Crippen LogP contribution in [0.1, 0.15) is 33.4 Å². The molecule has 2 aromatic rings. The number of anilines is 2. The van der Waals surface area contributed by atoms with Gasteiger partial charge < -0.3 is 10.1 Å². The van der Waals surface area contributed by atoms with E-state index in [9.17, 15) is 4.79 Å². The summed E-state index contributed by atoms with van der Waals surface area (Å²) in [4.78, 5) is 16.6. The number of carbonyl (C=O) groups excluding carboxylic acids is 1. The van der Waals surface area contributed by atoms with Crippen molar-refractivity contribution >= 4 is 28.1 Å². The van der Waals surface area contributed by atoms with Crippen molar-refractivity contribution in [3.8, 4) is 0 Å². The lowest BCUT2D eigenvalue weighted by molar-refractivity contribution is 0.0605. The molecule has 0 saturated heterocycles. The molecule has 1 aromatic heterocycles. The third-order valence-electron chi connectivity index (χ3n) is 3.14. The number of ether oxygens (including phenoxy) is 1. The van der Waals surface area contributed by atoms with Gasteiger partial charge in [-0.3, -0.25) is 0 Å². The Bertz CT molecular complexity index is 635. The first-order valence-corrected chi connectivity index (χ1v) is 7.29. The molecule has 0 spiro atoms. The fourth-order valence-electron chi connectivity index (χ4n) is 2.04. The largest absolute Gasteiger partial charge is 0.465 e. The van der Waals surface area contributed by atoms with Crippen LogP contribution in [0, 0.1) is 13.8 Å². The number of aryl methyl sites for hydroxylation is 3. The quantitative estimate of drug-likeness (QED) is 0.869. The molecule has 0 amide bonds. The molecule has 1 heterocycles. The molecule has 0 fully saturated rings. The average molecular weight is 290 g/mol. The number of esters is 1. The lowest BCUT2D eigenvalue weighted by atomic mass is 10.1. The van der Waals surface area contributed by atoms with Crippen LogP contribution in [0.25, 0.3) is 0 Å². The molecule has 0 saturated carbocycles. The van der Waals surface area contributed by atoms with Gasteiger partial charge in [-0.2, -0.15) is 0 Å². The zero-order chi connectivity index (χ0) is 14.7. The zero-order valence-corrected chi connectivity index (χ0v) is 12.9. The standard InChI is InChI=1S/C15H18N2O2S/c1-5-11-8-6-7-9(2)12(11)17-15-16-10(3)13(20-15)14(18)19-4/h6-8H,5H2,1-4H3,(H,16,17). The summed E-state index contributed by atoms with van der Waals surface area (Å²) in [6, 6.07) is 6.20. The third-order valence-corrected chi connectivity index (χ3v) is 4.19. The van der Waals surface area contributed by atoms with Gasteiger partial charge >= 0.3 is 5.97 Å². The molecule has 0 unspecified atom stereocenters. The second-order valence-corrected chi connectivity index (χ2v) is 5.51. The first-order valence-electron chi connectivity index (χ1n) is 6.48. The summed E-state index contributed by atoms with van der Waals surface area (Å²) in [6.45, 7) is 5.99. The summed E-state index contributed by atoms with van der Waals surface area (Å²) < 4.78 is 4.75. The minimum atomic E-state index is -0.339. The molecular weight excluding hydrogens is 272 g/mol. The summed E-state index contributed by atoms with van der Waals surface area (Å²) in [5.41, 5.74) is 4.16. The van der Waals surface area contributed by atoms with Crippen LogP contribution in [-0.4, -0.2) is 18.1 Å². The molecule has 0 aliphatic carbocycles. The highest BCUT2D eigenvalue weighted by Crippen LogP contribution is 2.30. The number of para-hydroxylation sites is 1. The first kappa shape index (κ1) is 14.5. The minimum absolute atomic E-state index is 0.339. The molecule has 0 atom stereocenters. The van der Waals surface area contributed by atoms with Crippen molar-refractivity contribution in [1.29, 1.82) is 0 Å². The van der Waals surface area contributed by atoms with Gasteiger partial charge in [-0.15, -0.1) is 0 Å². The second kappa shape index (κ2) is 6.05. The monoisotopic (exact) mass is 290 g/mol. The number of thiazole rings is 1. The van der Waals surface area contributed by atoms with Crippen LogP contribution in [0.15, 0.2) is 18.2 Å². The summed E-state index contributed by atoms with van der Waals surface area (Å²) in [7, 11) is 1.38. The Kier molecular flexibility index (Phi) is 4.39. The molecule has 5 heteroatoms. The molecule has 1 aromatic carbocycles. The van der Waals surface area contributed by atoms with Gasteiger partial charge in [0.15, 0.2) is 5.13 Å². The van der Waals surface area contributed by atoms with Gasteiger partial charge in [-0.25, -0.2) is 9.78 Å². The molecule has 4 nitrogen and oxygen atoms in total.